The summed E-state index contributed by atoms with van der Waals surface area (Å²) in [5.74, 6) is -1.14. The number of aromatic nitrogens is 1. The normalized spacial score (nSPS) is 17.6. The third-order valence-electron chi connectivity index (χ3n) is 7.92. The van der Waals surface area contributed by atoms with E-state index >= 15 is 0 Å². The molecule has 3 heterocycles. The van der Waals surface area contributed by atoms with Gasteiger partial charge in [-0.15, -0.1) is 17.5 Å². The molecule has 3 N–H and O–H groups in total. The van der Waals surface area contributed by atoms with Gasteiger partial charge in [-0.25, -0.2) is 15.6 Å². The molecule has 2 saturated heterocycles. The monoisotopic (exact) mass is 756 g/mol. The topological polar surface area (TPSA) is 197 Å². The molecule has 1 unspecified atom stereocenters. The quantitative estimate of drug-likeness (QED) is 0.0537. The summed E-state index contributed by atoms with van der Waals surface area (Å²) in [6, 6.07) is 6.92. The number of halogens is 7. The van der Waals surface area contributed by atoms with Crippen molar-refractivity contribution in [1.82, 2.24) is 15.5 Å². The number of hydrogen-bond acceptors (Lipinski definition) is 12. The third kappa shape index (κ3) is 9.20. The molecule has 2 atom stereocenters. The highest BCUT2D eigenvalue weighted by Gasteiger charge is 2.61. The number of nitrogens with one attached hydrogen (secondary N) is 1. The lowest BCUT2D eigenvalue weighted by Crippen LogP contribution is -2.60. The van der Waals surface area contributed by atoms with E-state index in [-0.39, 0.29) is 62.4 Å². The molecule has 0 spiro atoms. The number of carbonyl (C=O) groups excluding carboxylic acids is 4. The number of imide groups is 1. The van der Waals surface area contributed by atoms with Gasteiger partial charge in [0, 0.05) is 32.1 Å². The van der Waals surface area contributed by atoms with Gasteiger partial charge in [0.1, 0.15) is 11.4 Å². The first kappa shape index (κ1) is 40.8. The molecule has 1 aromatic heterocycles. The smallest absolute Gasteiger partial charge is 0.379 e. The molecule has 2 aliphatic heterocycles. The minimum atomic E-state index is -5.21. The average molecular weight is 757 g/mol. The van der Waals surface area contributed by atoms with E-state index in [1.807, 2.05) is 0 Å². The van der Waals surface area contributed by atoms with E-state index in [0.29, 0.717) is 5.56 Å². The second-order valence-corrected chi connectivity index (χ2v) is 11.2. The van der Waals surface area contributed by atoms with Crippen LogP contribution in [0.2, 0.25) is 0 Å². The van der Waals surface area contributed by atoms with Crippen molar-refractivity contribution in [2.75, 3.05) is 24.7 Å². The van der Waals surface area contributed by atoms with Gasteiger partial charge in [-0.3, -0.25) is 29.9 Å². The second-order valence-electron chi connectivity index (χ2n) is 11.2. The van der Waals surface area contributed by atoms with E-state index in [2.05, 4.69) is 9.82 Å². The molecule has 3 amide bonds. The zero-order chi connectivity index (χ0) is 36.9. The van der Waals surface area contributed by atoms with Crippen molar-refractivity contribution in [3.63, 3.8) is 0 Å². The fourth-order valence-corrected chi connectivity index (χ4v) is 5.43. The van der Waals surface area contributed by atoms with Gasteiger partial charge in [-0.05, 0) is 31.2 Å². The Morgan fingerprint density at radius 2 is 1.73 bits per heavy atom. The first-order valence-corrected chi connectivity index (χ1v) is 14.9. The average Bonchev–Trinajstić information content (AvgIpc) is 3.66. The van der Waals surface area contributed by atoms with Gasteiger partial charge in [-0.1, -0.05) is 30.3 Å². The van der Waals surface area contributed by atoms with Crippen molar-refractivity contribution in [2.24, 2.45) is 5.84 Å². The molecule has 22 heteroatoms. The molecule has 51 heavy (non-hydrogen) atoms. The number of carbonyl (C=O) groups is 4. The van der Waals surface area contributed by atoms with Crippen molar-refractivity contribution in [3.8, 4) is 0 Å². The Labute approximate surface area is 290 Å². The predicted octanol–water partition coefficient (Wildman–Crippen LogP) is 3.92. The van der Waals surface area contributed by atoms with Gasteiger partial charge < -0.3 is 19.2 Å². The molecule has 0 bridgehead atoms. The van der Waals surface area contributed by atoms with E-state index in [4.69, 9.17) is 15.3 Å². The van der Waals surface area contributed by atoms with Crippen LogP contribution < -0.4 is 16.2 Å². The number of ether oxygens (including phenoxy) is 2. The van der Waals surface area contributed by atoms with Crippen molar-refractivity contribution in [3.05, 3.63) is 63.3 Å². The van der Waals surface area contributed by atoms with Crippen LogP contribution in [0.5, 0.6) is 0 Å². The van der Waals surface area contributed by atoms with Gasteiger partial charge in [0.05, 0.1) is 24.2 Å². The van der Waals surface area contributed by atoms with E-state index in [1.54, 1.807) is 18.2 Å². The van der Waals surface area contributed by atoms with Gasteiger partial charge >= 0.3 is 24.0 Å². The zero-order valence-electron chi connectivity index (χ0n) is 26.3. The summed E-state index contributed by atoms with van der Waals surface area (Å²) in [5.41, 5.74) is -5.73. The summed E-state index contributed by atoms with van der Waals surface area (Å²) in [6.45, 7) is -1.46. The lowest BCUT2D eigenvalue weighted by atomic mass is 9.95. The van der Waals surface area contributed by atoms with E-state index in [1.165, 1.54) is 17.6 Å². The Kier molecular flexibility index (Phi) is 13.3. The Morgan fingerprint density at radius 1 is 1.08 bits per heavy atom. The third-order valence-corrected chi connectivity index (χ3v) is 7.92. The van der Waals surface area contributed by atoms with Crippen molar-refractivity contribution in [2.45, 2.75) is 69.1 Å². The van der Waals surface area contributed by atoms with Gasteiger partial charge in [-0.2, -0.15) is 26.3 Å². The number of hydroxylamine groups is 2. The van der Waals surface area contributed by atoms with Crippen molar-refractivity contribution < 1.29 is 64.8 Å². The van der Waals surface area contributed by atoms with Crippen molar-refractivity contribution >= 4 is 47.6 Å². The number of hydrogen-bond donors (Lipinski definition) is 2. The molecule has 0 saturated carbocycles. The second kappa shape index (κ2) is 16.6. The zero-order valence-corrected chi connectivity index (χ0v) is 27.1. The summed E-state index contributed by atoms with van der Waals surface area (Å²) in [4.78, 5) is 68.8. The predicted molar refractivity (Wildman–Crippen MR) is 162 cm³/mol. The Balaban J connectivity index is 0.00000702. The molecule has 280 valence electrons. The Hall–Kier alpha value is -4.60. The summed E-state index contributed by atoms with van der Waals surface area (Å²) < 4.78 is 96.0. The molecule has 2 aromatic rings. The first-order chi connectivity index (χ1) is 23.5. The highest BCUT2D eigenvalue weighted by molar-refractivity contribution is 6.03. The van der Waals surface area contributed by atoms with Crippen LogP contribution in [0, 0.1) is 10.1 Å². The van der Waals surface area contributed by atoms with Crippen LogP contribution in [0.15, 0.2) is 36.4 Å². The van der Waals surface area contributed by atoms with E-state index in [0.717, 1.165) is 4.90 Å². The van der Waals surface area contributed by atoms with Crippen LogP contribution in [0.3, 0.4) is 0 Å². The van der Waals surface area contributed by atoms with Crippen molar-refractivity contribution in [1.29, 1.82) is 0 Å². The molecule has 0 radical (unpaired) electrons. The van der Waals surface area contributed by atoms with Gasteiger partial charge in [0.25, 0.3) is 17.7 Å². The largest absolute Gasteiger partial charge is 0.426 e. The summed E-state index contributed by atoms with van der Waals surface area (Å²) >= 11 is 0. The molecule has 2 aliphatic rings. The summed E-state index contributed by atoms with van der Waals surface area (Å²) in [7, 11) is 0. The standard InChI is InChI=1S/C29H30F6N6O9.ClH/c30-28(31,32)19-14-20(41(46)47)23(25(44)50-40-21(42)9-10-22(40)43)37-24(19)39-12-4-8-18(39)16-48-13-5-11-27(26(45)38-36,29(33,34)35)49-15-17-6-2-1-3-7-17;/h1-3,6-7,14,18H,4-5,8-13,15-16,36H2,(H,38,45);1H/t18-,27?;/m0./s1. The molecular formula is C29H31ClF6N6O9. The molecule has 0 aliphatic carbocycles. The SMILES string of the molecule is Cl.NNC(=O)C(CCCOC[C@@H]1CCCN1c1nc(C(=O)ON2C(=O)CCC2=O)c([N+](=O)[O-])cc1C(F)(F)F)(OCc1ccccc1)C(F)(F)F. The van der Waals surface area contributed by atoms with Crippen LogP contribution in [-0.2, 0) is 41.5 Å². The molecular weight excluding hydrogens is 726 g/mol. The number of amides is 3. The summed E-state index contributed by atoms with van der Waals surface area (Å²) in [6.07, 6.45) is -12.0. The van der Waals surface area contributed by atoms with Crippen LogP contribution in [0.1, 0.15) is 60.1 Å². The maximum Gasteiger partial charge on any atom is 0.426 e. The number of alkyl halides is 6. The number of rotatable bonds is 14. The molecule has 4 rings (SSSR count). The number of nitrogens with zero attached hydrogens (tertiary/aromatic N) is 4. The van der Waals surface area contributed by atoms with Crippen LogP contribution in [0.4, 0.5) is 37.8 Å². The molecule has 1 aromatic carbocycles. The van der Waals surface area contributed by atoms with Gasteiger partial charge in [0.15, 0.2) is 0 Å². The molecule has 15 nitrogen and oxygen atoms in total. The number of benzene rings is 1. The fourth-order valence-electron chi connectivity index (χ4n) is 5.43. The maximum atomic E-state index is 14.3. The van der Waals surface area contributed by atoms with E-state index < -0.39 is 101 Å². The van der Waals surface area contributed by atoms with Crippen LogP contribution >= 0.6 is 12.4 Å². The maximum absolute atomic E-state index is 14.3. The lowest BCUT2D eigenvalue weighted by Gasteiger charge is -2.34. The highest BCUT2D eigenvalue weighted by atomic mass is 35.5. The number of nitro groups is 1. The van der Waals surface area contributed by atoms with Crippen LogP contribution in [0.25, 0.3) is 0 Å². The Morgan fingerprint density at radius 3 is 2.29 bits per heavy atom. The fraction of sp³-hybridized carbons (Fsp3) is 0.483. The summed E-state index contributed by atoms with van der Waals surface area (Å²) in [5, 5.41) is 11.7. The minimum Gasteiger partial charge on any atom is -0.379 e. The van der Waals surface area contributed by atoms with Gasteiger partial charge in [0.2, 0.25) is 11.3 Å². The Bertz CT molecular complexity index is 1600. The number of hydrazine groups is 1. The lowest BCUT2D eigenvalue weighted by molar-refractivity contribution is -0.385. The number of nitrogens with two attached hydrogens (primary N) is 1. The minimum absolute atomic E-state index is 0. The number of anilines is 1. The van der Waals surface area contributed by atoms with E-state index in [9.17, 15) is 55.6 Å². The highest BCUT2D eigenvalue weighted by Crippen LogP contribution is 2.42. The first-order valence-electron chi connectivity index (χ1n) is 14.9. The number of pyridine rings is 1. The molecule has 2 fully saturated rings. The van der Waals surface area contributed by atoms with Crippen LogP contribution in [-0.4, -0.2) is 76.2 Å².